The van der Waals surface area contributed by atoms with Gasteiger partial charge >= 0.3 is 6.03 Å². The number of H-pyrrole nitrogens is 1. The lowest BCUT2D eigenvalue weighted by Crippen LogP contribution is -2.41. The summed E-state index contributed by atoms with van der Waals surface area (Å²) >= 11 is 0. The van der Waals surface area contributed by atoms with E-state index >= 15 is 0 Å². The molecule has 1 atom stereocenters. The number of urea groups is 1. The summed E-state index contributed by atoms with van der Waals surface area (Å²) in [7, 11) is 0. The van der Waals surface area contributed by atoms with Crippen molar-refractivity contribution in [1.29, 1.82) is 0 Å². The minimum atomic E-state index is -1.17. The highest BCUT2D eigenvalue weighted by molar-refractivity contribution is 6.14. The van der Waals surface area contributed by atoms with Crippen LogP contribution in [0.2, 0.25) is 0 Å². The van der Waals surface area contributed by atoms with E-state index in [1.165, 1.54) is 0 Å². The summed E-state index contributed by atoms with van der Waals surface area (Å²) in [5, 5.41) is 3.49. The zero-order valence-electron chi connectivity index (χ0n) is 14.2. The number of hydrogen-bond acceptors (Lipinski definition) is 3. The molecule has 3 aromatic rings. The lowest BCUT2D eigenvalue weighted by atomic mass is 9.92. The number of fused-ring (bicyclic) bond motifs is 1. The molecule has 3 amide bonds. The monoisotopic (exact) mass is 347 g/mol. The van der Waals surface area contributed by atoms with Crippen molar-refractivity contribution in [3.8, 4) is 0 Å². The van der Waals surface area contributed by atoms with Crippen molar-refractivity contribution < 1.29 is 14.4 Å². The van der Waals surface area contributed by atoms with Crippen LogP contribution in [0.1, 0.15) is 22.8 Å². The highest BCUT2D eigenvalue weighted by Crippen LogP contribution is 2.29. The van der Waals surface area contributed by atoms with E-state index in [1.54, 1.807) is 37.4 Å². The molecule has 0 saturated carbocycles. The molecule has 1 aliphatic heterocycles. The maximum absolute atomic E-state index is 12.9. The minimum absolute atomic E-state index is 0.289. The lowest BCUT2D eigenvalue weighted by Gasteiger charge is -2.22. The van der Waals surface area contributed by atoms with Crippen molar-refractivity contribution in [3.05, 3.63) is 71.9 Å². The summed E-state index contributed by atoms with van der Waals surface area (Å²) < 4.78 is 0. The highest BCUT2D eigenvalue weighted by atomic mass is 16.2. The SMILES string of the molecule is C[C@@]1(c2ccccc2)NC(=O)N(CC(=O)c2c[nH]c3ccccc23)C1=O. The Bertz CT molecular complexity index is 1020. The Labute approximate surface area is 149 Å². The number of aromatic nitrogens is 1. The summed E-state index contributed by atoms with van der Waals surface area (Å²) in [5.74, 6) is -0.717. The average molecular weight is 347 g/mol. The predicted molar refractivity (Wildman–Crippen MR) is 96.7 cm³/mol. The molecule has 1 fully saturated rings. The Morgan fingerprint density at radius 2 is 1.73 bits per heavy atom. The van der Waals surface area contributed by atoms with Gasteiger partial charge in [-0.25, -0.2) is 4.79 Å². The second-order valence-electron chi connectivity index (χ2n) is 6.48. The second kappa shape index (κ2) is 5.84. The van der Waals surface area contributed by atoms with Crippen LogP contribution >= 0.6 is 0 Å². The number of benzene rings is 2. The lowest BCUT2D eigenvalue weighted by molar-refractivity contribution is -0.130. The Kier molecular flexibility index (Phi) is 3.61. The fourth-order valence-electron chi connectivity index (χ4n) is 3.34. The zero-order chi connectivity index (χ0) is 18.3. The topological polar surface area (TPSA) is 82.3 Å². The van der Waals surface area contributed by atoms with Gasteiger partial charge in [-0.1, -0.05) is 48.5 Å². The van der Waals surface area contributed by atoms with E-state index in [9.17, 15) is 14.4 Å². The molecule has 6 heteroatoms. The first-order valence-electron chi connectivity index (χ1n) is 8.29. The van der Waals surface area contributed by atoms with E-state index in [2.05, 4.69) is 10.3 Å². The molecule has 2 aromatic carbocycles. The molecule has 0 bridgehead atoms. The number of imide groups is 1. The smallest absolute Gasteiger partial charge is 0.325 e. The maximum Gasteiger partial charge on any atom is 0.325 e. The number of nitrogens with zero attached hydrogens (tertiary/aromatic N) is 1. The molecule has 26 heavy (non-hydrogen) atoms. The number of amides is 3. The first-order chi connectivity index (χ1) is 12.5. The third-order valence-electron chi connectivity index (χ3n) is 4.82. The molecule has 4 rings (SSSR count). The third kappa shape index (κ3) is 2.38. The van der Waals surface area contributed by atoms with Gasteiger partial charge in [0.1, 0.15) is 5.54 Å². The fraction of sp³-hybridized carbons (Fsp3) is 0.150. The van der Waals surface area contributed by atoms with Crippen LogP contribution in [0.5, 0.6) is 0 Å². The Morgan fingerprint density at radius 3 is 2.50 bits per heavy atom. The molecule has 1 aliphatic rings. The van der Waals surface area contributed by atoms with Gasteiger partial charge in [-0.05, 0) is 18.6 Å². The number of ketones is 1. The van der Waals surface area contributed by atoms with E-state index in [4.69, 9.17) is 0 Å². The molecule has 1 saturated heterocycles. The van der Waals surface area contributed by atoms with Crippen molar-refractivity contribution in [3.63, 3.8) is 0 Å². The van der Waals surface area contributed by atoms with Crippen LogP contribution in [0.3, 0.4) is 0 Å². The number of aromatic amines is 1. The third-order valence-corrected chi connectivity index (χ3v) is 4.82. The largest absolute Gasteiger partial charge is 0.360 e. The van der Waals surface area contributed by atoms with E-state index in [1.807, 2.05) is 30.3 Å². The molecule has 0 radical (unpaired) electrons. The summed E-state index contributed by atoms with van der Waals surface area (Å²) in [6.07, 6.45) is 1.61. The van der Waals surface area contributed by atoms with Gasteiger partial charge in [-0.2, -0.15) is 0 Å². The van der Waals surface area contributed by atoms with Crippen molar-refractivity contribution in [1.82, 2.24) is 15.2 Å². The van der Waals surface area contributed by atoms with Gasteiger partial charge in [0.2, 0.25) is 0 Å². The van der Waals surface area contributed by atoms with E-state index < -0.39 is 17.5 Å². The van der Waals surface area contributed by atoms with Crippen LogP contribution in [0.15, 0.2) is 60.8 Å². The van der Waals surface area contributed by atoms with Crippen molar-refractivity contribution in [2.45, 2.75) is 12.5 Å². The number of carbonyl (C=O) groups is 3. The number of nitrogens with one attached hydrogen (secondary N) is 2. The summed E-state index contributed by atoms with van der Waals surface area (Å²) in [6, 6.07) is 15.9. The molecule has 130 valence electrons. The zero-order valence-corrected chi connectivity index (χ0v) is 14.2. The number of carbonyl (C=O) groups excluding carboxylic acids is 3. The second-order valence-corrected chi connectivity index (χ2v) is 6.48. The number of rotatable bonds is 4. The minimum Gasteiger partial charge on any atom is -0.360 e. The van der Waals surface area contributed by atoms with Gasteiger partial charge in [0, 0.05) is 22.7 Å². The summed E-state index contributed by atoms with van der Waals surface area (Å²) in [5.41, 5.74) is 0.816. The van der Waals surface area contributed by atoms with E-state index in [-0.39, 0.29) is 12.3 Å². The first kappa shape index (κ1) is 16.1. The first-order valence-corrected chi connectivity index (χ1v) is 8.29. The quantitative estimate of drug-likeness (QED) is 0.562. The fourth-order valence-corrected chi connectivity index (χ4v) is 3.34. The molecule has 0 unspecified atom stereocenters. The Morgan fingerprint density at radius 1 is 1.04 bits per heavy atom. The predicted octanol–water partition coefficient (Wildman–Crippen LogP) is 2.82. The molecule has 1 aromatic heterocycles. The van der Waals surface area contributed by atoms with Crippen molar-refractivity contribution >= 4 is 28.6 Å². The van der Waals surface area contributed by atoms with Crippen LogP contribution in [0.4, 0.5) is 4.79 Å². The van der Waals surface area contributed by atoms with Crippen LogP contribution in [-0.4, -0.2) is 34.2 Å². The van der Waals surface area contributed by atoms with Gasteiger partial charge in [-0.15, -0.1) is 0 Å². The van der Waals surface area contributed by atoms with E-state index in [0.29, 0.717) is 11.1 Å². The molecule has 0 spiro atoms. The Balaban J connectivity index is 1.61. The number of Topliss-reactive ketones (excluding diaryl/α,β-unsaturated/α-hetero) is 1. The normalized spacial score (nSPS) is 19.8. The van der Waals surface area contributed by atoms with Crippen LogP contribution < -0.4 is 5.32 Å². The van der Waals surface area contributed by atoms with Crippen molar-refractivity contribution in [2.24, 2.45) is 0 Å². The maximum atomic E-state index is 12.9. The molecule has 0 aliphatic carbocycles. The number of hydrogen-bond donors (Lipinski definition) is 2. The highest BCUT2D eigenvalue weighted by Gasteiger charge is 2.49. The van der Waals surface area contributed by atoms with Crippen LogP contribution in [0, 0.1) is 0 Å². The van der Waals surface area contributed by atoms with Crippen molar-refractivity contribution in [2.75, 3.05) is 6.54 Å². The van der Waals surface area contributed by atoms with Gasteiger partial charge in [-0.3, -0.25) is 14.5 Å². The van der Waals surface area contributed by atoms with Crippen LogP contribution in [0.25, 0.3) is 10.9 Å². The van der Waals surface area contributed by atoms with Gasteiger partial charge < -0.3 is 10.3 Å². The van der Waals surface area contributed by atoms with E-state index in [0.717, 1.165) is 15.8 Å². The average Bonchev–Trinajstić information content (AvgIpc) is 3.18. The van der Waals surface area contributed by atoms with Crippen LogP contribution in [-0.2, 0) is 10.3 Å². The van der Waals surface area contributed by atoms with Gasteiger partial charge in [0.15, 0.2) is 5.78 Å². The molecule has 2 heterocycles. The van der Waals surface area contributed by atoms with Gasteiger partial charge in [0.25, 0.3) is 5.91 Å². The standard InChI is InChI=1S/C20H17N3O3/c1-20(13-7-3-2-4-8-13)18(25)23(19(26)22-20)12-17(24)15-11-21-16-10-6-5-9-14(15)16/h2-11,21H,12H2,1H3,(H,22,26)/t20-/m0/s1. The molecular formula is C20H17N3O3. The Hall–Kier alpha value is -3.41. The molecular weight excluding hydrogens is 330 g/mol. The molecule has 2 N–H and O–H groups in total. The summed E-state index contributed by atoms with van der Waals surface area (Å²) in [4.78, 5) is 42.0. The molecule has 6 nitrogen and oxygen atoms in total. The number of para-hydroxylation sites is 1. The van der Waals surface area contributed by atoms with Gasteiger partial charge in [0.05, 0.1) is 6.54 Å². The summed E-state index contributed by atoms with van der Waals surface area (Å²) in [6.45, 7) is 1.35.